The van der Waals surface area contributed by atoms with Gasteiger partial charge in [0.2, 0.25) is 0 Å². The molecule has 104 valence electrons. The maximum absolute atomic E-state index is 12.8. The number of ketones is 1. The summed E-state index contributed by atoms with van der Waals surface area (Å²) in [5.41, 5.74) is 1.57. The van der Waals surface area contributed by atoms with Crippen molar-refractivity contribution in [1.82, 2.24) is 4.90 Å². The molecular formula is C16H15ClFNO. The molecule has 0 heterocycles. The second kappa shape index (κ2) is 6.64. The van der Waals surface area contributed by atoms with E-state index in [9.17, 15) is 9.18 Å². The lowest BCUT2D eigenvalue weighted by molar-refractivity contribution is 0.0943. The molecule has 0 saturated carbocycles. The van der Waals surface area contributed by atoms with E-state index in [0.29, 0.717) is 17.1 Å². The first-order valence-electron chi connectivity index (χ1n) is 6.26. The Kier molecular flexibility index (Phi) is 4.88. The maximum atomic E-state index is 12.8. The Morgan fingerprint density at radius 3 is 2.55 bits per heavy atom. The maximum Gasteiger partial charge on any atom is 0.176 e. The summed E-state index contributed by atoms with van der Waals surface area (Å²) in [6, 6.07) is 13.2. The highest BCUT2D eigenvalue weighted by atomic mass is 35.5. The van der Waals surface area contributed by atoms with Crippen LogP contribution >= 0.6 is 11.6 Å². The van der Waals surface area contributed by atoms with Gasteiger partial charge in [0.25, 0.3) is 0 Å². The zero-order chi connectivity index (χ0) is 14.5. The Labute approximate surface area is 122 Å². The lowest BCUT2D eigenvalue weighted by atomic mass is 10.1. The Morgan fingerprint density at radius 2 is 1.90 bits per heavy atom. The van der Waals surface area contributed by atoms with Crippen LogP contribution in [-0.2, 0) is 6.54 Å². The van der Waals surface area contributed by atoms with Crippen molar-refractivity contribution in [3.8, 4) is 0 Å². The summed E-state index contributed by atoms with van der Waals surface area (Å²) >= 11 is 5.87. The molecule has 0 aliphatic carbocycles. The zero-order valence-electron chi connectivity index (χ0n) is 11.1. The topological polar surface area (TPSA) is 20.3 Å². The Balaban J connectivity index is 1.95. The molecule has 0 N–H and O–H groups in total. The van der Waals surface area contributed by atoms with Gasteiger partial charge < -0.3 is 0 Å². The molecule has 0 radical (unpaired) electrons. The molecule has 0 atom stereocenters. The van der Waals surface area contributed by atoms with Gasteiger partial charge in [-0.25, -0.2) is 4.39 Å². The van der Waals surface area contributed by atoms with Crippen LogP contribution in [0.25, 0.3) is 0 Å². The van der Waals surface area contributed by atoms with Gasteiger partial charge in [-0.2, -0.15) is 0 Å². The molecule has 0 aliphatic heterocycles. The number of likely N-dealkylation sites (N-methyl/N-ethyl adjacent to an activating group) is 1. The third kappa shape index (κ3) is 4.15. The minimum absolute atomic E-state index is 0.0112. The van der Waals surface area contributed by atoms with Crippen molar-refractivity contribution in [3.63, 3.8) is 0 Å². The molecule has 0 unspecified atom stereocenters. The van der Waals surface area contributed by atoms with Crippen LogP contribution in [0.5, 0.6) is 0 Å². The first-order chi connectivity index (χ1) is 9.54. The van der Waals surface area contributed by atoms with E-state index in [-0.39, 0.29) is 18.1 Å². The molecule has 20 heavy (non-hydrogen) atoms. The lowest BCUT2D eigenvalue weighted by Gasteiger charge is -2.16. The van der Waals surface area contributed by atoms with Gasteiger partial charge in [0.15, 0.2) is 5.78 Å². The van der Waals surface area contributed by atoms with E-state index in [1.54, 1.807) is 36.4 Å². The van der Waals surface area contributed by atoms with E-state index in [4.69, 9.17) is 11.6 Å². The molecule has 0 amide bonds. The first kappa shape index (κ1) is 14.7. The quantitative estimate of drug-likeness (QED) is 0.781. The number of Topliss-reactive ketones (excluding diaryl/α,β-unsaturated/α-hetero) is 1. The van der Waals surface area contributed by atoms with E-state index in [0.717, 1.165) is 5.56 Å². The highest BCUT2D eigenvalue weighted by molar-refractivity contribution is 6.31. The Hall–Kier alpha value is -1.71. The highest BCUT2D eigenvalue weighted by Gasteiger charge is 2.10. The molecule has 0 spiro atoms. The predicted molar refractivity (Wildman–Crippen MR) is 78.5 cm³/mol. The molecule has 0 bridgehead atoms. The fraction of sp³-hybridized carbons (Fsp3) is 0.188. The van der Waals surface area contributed by atoms with Gasteiger partial charge in [-0.05, 0) is 36.9 Å². The zero-order valence-corrected chi connectivity index (χ0v) is 11.9. The van der Waals surface area contributed by atoms with Crippen molar-refractivity contribution >= 4 is 17.4 Å². The molecule has 2 aromatic carbocycles. The molecule has 2 aromatic rings. The van der Waals surface area contributed by atoms with Crippen LogP contribution < -0.4 is 0 Å². The number of carbonyl (C=O) groups excluding carboxylic acids is 1. The van der Waals surface area contributed by atoms with Gasteiger partial charge in [0, 0.05) is 17.1 Å². The summed E-state index contributed by atoms with van der Waals surface area (Å²) in [7, 11) is 1.85. The Morgan fingerprint density at radius 1 is 1.20 bits per heavy atom. The van der Waals surface area contributed by atoms with E-state index in [1.165, 1.54) is 12.1 Å². The average Bonchev–Trinajstić information content (AvgIpc) is 2.41. The van der Waals surface area contributed by atoms with E-state index >= 15 is 0 Å². The molecule has 2 rings (SSSR count). The molecule has 4 heteroatoms. The lowest BCUT2D eigenvalue weighted by Crippen LogP contribution is -2.25. The summed E-state index contributed by atoms with van der Waals surface area (Å²) in [5, 5.41) is 0.553. The largest absolute Gasteiger partial charge is 0.295 e. The average molecular weight is 292 g/mol. The Bertz CT molecular complexity index is 598. The van der Waals surface area contributed by atoms with Crippen molar-refractivity contribution in [2.75, 3.05) is 13.6 Å². The predicted octanol–water partition coefficient (Wildman–Crippen LogP) is 3.79. The number of carbonyl (C=O) groups is 1. The summed E-state index contributed by atoms with van der Waals surface area (Å²) in [6.45, 7) is 0.879. The summed E-state index contributed by atoms with van der Waals surface area (Å²) in [4.78, 5) is 14.0. The summed E-state index contributed by atoms with van der Waals surface area (Å²) in [5.74, 6) is -0.247. The van der Waals surface area contributed by atoms with E-state index in [2.05, 4.69) is 0 Å². The van der Waals surface area contributed by atoms with Crippen LogP contribution in [0, 0.1) is 5.82 Å². The van der Waals surface area contributed by atoms with Crippen LogP contribution in [0.2, 0.25) is 5.02 Å². The smallest absolute Gasteiger partial charge is 0.176 e. The van der Waals surface area contributed by atoms with Crippen molar-refractivity contribution in [2.45, 2.75) is 6.54 Å². The SMILES string of the molecule is CN(CC(=O)c1cccc(Cl)c1)Cc1ccc(F)cc1. The normalized spacial score (nSPS) is 10.8. The van der Waals surface area contributed by atoms with Gasteiger partial charge in [-0.3, -0.25) is 9.69 Å². The van der Waals surface area contributed by atoms with Crippen LogP contribution in [0.1, 0.15) is 15.9 Å². The second-order valence-electron chi connectivity index (χ2n) is 4.73. The van der Waals surface area contributed by atoms with Crippen molar-refractivity contribution in [2.24, 2.45) is 0 Å². The van der Waals surface area contributed by atoms with Crippen LogP contribution in [-0.4, -0.2) is 24.3 Å². The molecule has 0 aliphatic rings. The number of nitrogens with zero attached hydrogens (tertiary/aromatic N) is 1. The van der Waals surface area contributed by atoms with E-state index < -0.39 is 0 Å². The van der Waals surface area contributed by atoms with Crippen molar-refractivity contribution in [3.05, 3.63) is 70.5 Å². The van der Waals surface area contributed by atoms with Gasteiger partial charge in [0.05, 0.1) is 6.54 Å². The van der Waals surface area contributed by atoms with E-state index in [1.807, 2.05) is 11.9 Å². The fourth-order valence-corrected chi connectivity index (χ4v) is 2.15. The van der Waals surface area contributed by atoms with Gasteiger partial charge in [-0.1, -0.05) is 35.9 Å². The van der Waals surface area contributed by atoms with Crippen molar-refractivity contribution in [1.29, 1.82) is 0 Å². The van der Waals surface area contributed by atoms with Crippen LogP contribution in [0.4, 0.5) is 4.39 Å². The third-order valence-electron chi connectivity index (χ3n) is 2.93. The van der Waals surface area contributed by atoms with Crippen LogP contribution in [0.15, 0.2) is 48.5 Å². The summed E-state index contributed by atoms with van der Waals surface area (Å²) < 4.78 is 12.8. The van der Waals surface area contributed by atoms with Crippen LogP contribution in [0.3, 0.4) is 0 Å². The second-order valence-corrected chi connectivity index (χ2v) is 5.17. The number of hydrogen-bond acceptors (Lipinski definition) is 2. The standard InChI is InChI=1S/C16H15ClFNO/c1-19(10-12-5-7-15(18)8-6-12)11-16(20)13-3-2-4-14(17)9-13/h2-9H,10-11H2,1H3. The first-order valence-corrected chi connectivity index (χ1v) is 6.64. The number of hydrogen-bond donors (Lipinski definition) is 0. The number of benzene rings is 2. The fourth-order valence-electron chi connectivity index (χ4n) is 1.96. The van der Waals surface area contributed by atoms with Gasteiger partial charge >= 0.3 is 0 Å². The number of rotatable bonds is 5. The molecule has 0 saturated heterocycles. The molecule has 2 nitrogen and oxygen atoms in total. The highest BCUT2D eigenvalue weighted by Crippen LogP contribution is 2.12. The monoisotopic (exact) mass is 291 g/mol. The number of halogens is 2. The van der Waals surface area contributed by atoms with Gasteiger partial charge in [0.1, 0.15) is 5.82 Å². The van der Waals surface area contributed by atoms with Gasteiger partial charge in [-0.15, -0.1) is 0 Å². The molecular weight excluding hydrogens is 277 g/mol. The molecule has 0 aromatic heterocycles. The third-order valence-corrected chi connectivity index (χ3v) is 3.16. The minimum Gasteiger partial charge on any atom is -0.295 e. The summed E-state index contributed by atoms with van der Waals surface area (Å²) in [6.07, 6.45) is 0. The van der Waals surface area contributed by atoms with Crippen molar-refractivity contribution < 1.29 is 9.18 Å². The molecule has 0 fully saturated rings. The minimum atomic E-state index is -0.258.